The molecule has 21 heavy (non-hydrogen) atoms. The van der Waals surface area contributed by atoms with Crippen LogP contribution >= 0.6 is 23.2 Å². The molecule has 2 nitrogen and oxygen atoms in total. The van der Waals surface area contributed by atoms with E-state index in [-0.39, 0.29) is 6.04 Å². The largest absolute Gasteiger partial charge is 0.320 e. The van der Waals surface area contributed by atoms with Crippen LogP contribution in [0.15, 0.2) is 48.5 Å². The Bertz CT molecular complexity index is 815. The second kappa shape index (κ2) is 5.64. The van der Waals surface area contributed by atoms with Gasteiger partial charge in [0.25, 0.3) is 0 Å². The van der Waals surface area contributed by atoms with E-state index in [1.54, 1.807) is 12.1 Å². The van der Waals surface area contributed by atoms with Crippen LogP contribution in [0.2, 0.25) is 10.0 Å². The standard InChI is InChI=1S/C17H14Cl2N2/c1-10-8-13(12-4-2-3-5-16(12)21-10)17(20)14-9-11(18)6-7-15(14)19/h2-9,17H,20H2,1H3. The molecule has 0 aliphatic rings. The van der Waals surface area contributed by atoms with Gasteiger partial charge in [-0.2, -0.15) is 0 Å². The molecule has 1 aromatic heterocycles. The molecule has 106 valence electrons. The summed E-state index contributed by atoms with van der Waals surface area (Å²) in [4.78, 5) is 4.54. The van der Waals surface area contributed by atoms with Crippen molar-refractivity contribution >= 4 is 34.1 Å². The van der Waals surface area contributed by atoms with Gasteiger partial charge in [-0.25, -0.2) is 0 Å². The number of para-hydroxylation sites is 1. The van der Waals surface area contributed by atoms with Gasteiger partial charge in [-0.1, -0.05) is 41.4 Å². The summed E-state index contributed by atoms with van der Waals surface area (Å²) in [6, 6.07) is 15.0. The highest BCUT2D eigenvalue weighted by Gasteiger charge is 2.16. The molecule has 3 aromatic rings. The number of pyridine rings is 1. The fourth-order valence-corrected chi connectivity index (χ4v) is 2.93. The van der Waals surface area contributed by atoms with Gasteiger partial charge in [0.2, 0.25) is 0 Å². The van der Waals surface area contributed by atoms with Gasteiger partial charge in [0.05, 0.1) is 11.6 Å². The van der Waals surface area contributed by atoms with Gasteiger partial charge in [0.1, 0.15) is 0 Å². The lowest BCUT2D eigenvalue weighted by molar-refractivity contribution is 0.876. The molecule has 3 rings (SSSR count). The smallest absolute Gasteiger partial charge is 0.0708 e. The molecule has 0 fully saturated rings. The zero-order valence-corrected chi connectivity index (χ0v) is 13.0. The monoisotopic (exact) mass is 316 g/mol. The van der Waals surface area contributed by atoms with Crippen molar-refractivity contribution in [3.05, 3.63) is 75.4 Å². The van der Waals surface area contributed by atoms with Crippen molar-refractivity contribution in [3.63, 3.8) is 0 Å². The van der Waals surface area contributed by atoms with E-state index in [9.17, 15) is 0 Å². The Balaban J connectivity index is 2.22. The highest BCUT2D eigenvalue weighted by atomic mass is 35.5. The first-order valence-electron chi connectivity index (χ1n) is 6.63. The lowest BCUT2D eigenvalue weighted by Gasteiger charge is -2.17. The lowest BCUT2D eigenvalue weighted by atomic mass is 9.95. The summed E-state index contributed by atoms with van der Waals surface area (Å²) in [5, 5.41) is 2.28. The van der Waals surface area contributed by atoms with Crippen LogP contribution in [-0.4, -0.2) is 4.98 Å². The predicted molar refractivity (Wildman–Crippen MR) is 89.0 cm³/mol. The van der Waals surface area contributed by atoms with Crippen LogP contribution in [-0.2, 0) is 0 Å². The Morgan fingerprint density at radius 3 is 2.57 bits per heavy atom. The topological polar surface area (TPSA) is 38.9 Å². The van der Waals surface area contributed by atoms with Crippen LogP contribution in [0.1, 0.15) is 22.9 Å². The van der Waals surface area contributed by atoms with E-state index in [0.29, 0.717) is 10.0 Å². The maximum atomic E-state index is 6.45. The lowest BCUT2D eigenvalue weighted by Crippen LogP contribution is -2.13. The molecule has 0 bridgehead atoms. The van der Waals surface area contributed by atoms with E-state index in [1.807, 2.05) is 43.3 Å². The van der Waals surface area contributed by atoms with Crippen molar-refractivity contribution in [2.75, 3.05) is 0 Å². The number of hydrogen-bond donors (Lipinski definition) is 1. The summed E-state index contributed by atoms with van der Waals surface area (Å²) in [5.41, 5.74) is 10.1. The number of benzene rings is 2. The molecule has 0 amide bonds. The molecule has 0 saturated carbocycles. The first-order chi connectivity index (χ1) is 10.1. The van der Waals surface area contributed by atoms with Crippen LogP contribution in [0.3, 0.4) is 0 Å². The minimum Gasteiger partial charge on any atom is -0.320 e. The van der Waals surface area contributed by atoms with Gasteiger partial charge in [-0.15, -0.1) is 0 Å². The number of aryl methyl sites for hydroxylation is 1. The van der Waals surface area contributed by atoms with Crippen molar-refractivity contribution in [2.24, 2.45) is 5.73 Å². The minimum absolute atomic E-state index is 0.345. The molecule has 2 aromatic carbocycles. The number of fused-ring (bicyclic) bond motifs is 1. The minimum atomic E-state index is -0.345. The summed E-state index contributed by atoms with van der Waals surface area (Å²) in [6.45, 7) is 1.96. The van der Waals surface area contributed by atoms with Crippen LogP contribution in [0.4, 0.5) is 0 Å². The molecule has 0 aliphatic carbocycles. The Morgan fingerprint density at radius 2 is 1.76 bits per heavy atom. The first kappa shape index (κ1) is 14.3. The van der Waals surface area contributed by atoms with Gasteiger partial charge >= 0.3 is 0 Å². The molecule has 0 aliphatic heterocycles. The van der Waals surface area contributed by atoms with Crippen molar-refractivity contribution in [1.82, 2.24) is 4.98 Å². The fraction of sp³-hybridized carbons (Fsp3) is 0.118. The third kappa shape index (κ3) is 2.75. The second-order valence-corrected chi connectivity index (χ2v) is 5.86. The first-order valence-corrected chi connectivity index (χ1v) is 7.38. The maximum absolute atomic E-state index is 6.45. The van der Waals surface area contributed by atoms with Gasteiger partial charge < -0.3 is 5.73 Å². The molecule has 0 spiro atoms. The zero-order valence-electron chi connectivity index (χ0n) is 11.5. The average Bonchev–Trinajstić information content (AvgIpc) is 2.48. The zero-order chi connectivity index (χ0) is 15.0. The highest BCUT2D eigenvalue weighted by molar-refractivity contribution is 6.33. The number of nitrogens with two attached hydrogens (primary N) is 1. The highest BCUT2D eigenvalue weighted by Crippen LogP contribution is 2.32. The number of nitrogens with zero attached hydrogens (tertiary/aromatic N) is 1. The second-order valence-electron chi connectivity index (χ2n) is 5.01. The van der Waals surface area contributed by atoms with Crippen molar-refractivity contribution in [3.8, 4) is 0 Å². The molecular formula is C17H14Cl2N2. The van der Waals surface area contributed by atoms with Gasteiger partial charge in [0, 0.05) is 21.1 Å². The molecule has 0 radical (unpaired) electrons. The molecule has 4 heteroatoms. The van der Waals surface area contributed by atoms with Crippen molar-refractivity contribution < 1.29 is 0 Å². The van der Waals surface area contributed by atoms with Crippen LogP contribution < -0.4 is 5.73 Å². The third-order valence-electron chi connectivity index (χ3n) is 3.50. The van der Waals surface area contributed by atoms with E-state index in [1.165, 1.54) is 0 Å². The summed E-state index contributed by atoms with van der Waals surface area (Å²) in [7, 11) is 0. The van der Waals surface area contributed by atoms with E-state index >= 15 is 0 Å². The Kier molecular flexibility index (Phi) is 3.85. The van der Waals surface area contributed by atoms with E-state index in [2.05, 4.69) is 4.98 Å². The van der Waals surface area contributed by atoms with Crippen LogP contribution in [0.5, 0.6) is 0 Å². The van der Waals surface area contributed by atoms with Crippen LogP contribution in [0, 0.1) is 6.92 Å². The molecular weight excluding hydrogens is 303 g/mol. The maximum Gasteiger partial charge on any atom is 0.0708 e. The van der Waals surface area contributed by atoms with Crippen LogP contribution in [0.25, 0.3) is 10.9 Å². The molecule has 1 unspecified atom stereocenters. The summed E-state index contributed by atoms with van der Waals surface area (Å²) in [5.74, 6) is 0. The molecule has 2 N–H and O–H groups in total. The van der Waals surface area contributed by atoms with E-state index in [4.69, 9.17) is 28.9 Å². The number of rotatable bonds is 2. The summed E-state index contributed by atoms with van der Waals surface area (Å²) < 4.78 is 0. The fourth-order valence-electron chi connectivity index (χ4n) is 2.52. The number of hydrogen-bond acceptors (Lipinski definition) is 2. The molecule has 0 saturated heterocycles. The molecule has 1 atom stereocenters. The number of halogens is 2. The van der Waals surface area contributed by atoms with E-state index in [0.717, 1.165) is 27.7 Å². The van der Waals surface area contributed by atoms with Gasteiger partial charge in [-0.3, -0.25) is 4.98 Å². The van der Waals surface area contributed by atoms with Crippen molar-refractivity contribution in [1.29, 1.82) is 0 Å². The SMILES string of the molecule is Cc1cc(C(N)c2cc(Cl)ccc2Cl)c2ccccc2n1. The summed E-state index contributed by atoms with van der Waals surface area (Å²) in [6.07, 6.45) is 0. The van der Waals surface area contributed by atoms with E-state index < -0.39 is 0 Å². The normalized spacial score (nSPS) is 12.6. The third-order valence-corrected chi connectivity index (χ3v) is 4.08. The van der Waals surface area contributed by atoms with Crippen molar-refractivity contribution in [2.45, 2.75) is 13.0 Å². The number of aromatic nitrogens is 1. The predicted octanol–water partition coefficient (Wildman–Crippen LogP) is 4.90. The average molecular weight is 317 g/mol. The Labute approximate surface area is 133 Å². The molecule has 1 heterocycles. The summed E-state index contributed by atoms with van der Waals surface area (Å²) >= 11 is 12.3. The Morgan fingerprint density at radius 1 is 1.00 bits per heavy atom. The quantitative estimate of drug-likeness (QED) is 0.730. The Hall–Kier alpha value is -1.61. The van der Waals surface area contributed by atoms with Gasteiger partial charge in [0.15, 0.2) is 0 Å². The van der Waals surface area contributed by atoms with Gasteiger partial charge in [-0.05, 0) is 48.4 Å².